The summed E-state index contributed by atoms with van der Waals surface area (Å²) in [5, 5.41) is 0. The van der Waals surface area contributed by atoms with Crippen LogP contribution in [0.25, 0.3) is 0 Å². The number of anilines is 2. The third-order valence-corrected chi connectivity index (χ3v) is 5.77. The number of para-hydroxylation sites is 2. The SMILES string of the molecule is BN(c1ccccc1)c1ccccc1.O=C1C=C(N2CC2)C(=O)C(N2CC2)=C1N1CC1. The van der Waals surface area contributed by atoms with Gasteiger partial charge < -0.3 is 19.5 Å². The van der Waals surface area contributed by atoms with Crippen molar-refractivity contribution in [2.45, 2.75) is 0 Å². The monoisotopic (exact) mass is 412 g/mol. The van der Waals surface area contributed by atoms with Crippen molar-refractivity contribution in [1.82, 2.24) is 14.7 Å². The Morgan fingerprint density at radius 2 is 1.10 bits per heavy atom. The van der Waals surface area contributed by atoms with Crippen LogP contribution < -0.4 is 4.81 Å². The Hall–Kier alpha value is -3.48. The number of benzene rings is 2. The summed E-state index contributed by atoms with van der Waals surface area (Å²) >= 11 is 0. The van der Waals surface area contributed by atoms with Gasteiger partial charge in [0.1, 0.15) is 11.4 Å². The van der Waals surface area contributed by atoms with E-state index in [4.69, 9.17) is 0 Å². The van der Waals surface area contributed by atoms with Gasteiger partial charge in [0.15, 0.2) is 0 Å². The van der Waals surface area contributed by atoms with Crippen molar-refractivity contribution < 1.29 is 9.59 Å². The number of hydrogen-bond donors (Lipinski definition) is 0. The number of carbonyl (C=O) groups is 2. The van der Waals surface area contributed by atoms with Crippen LogP contribution in [0.15, 0.2) is 83.8 Å². The molecular weight excluding hydrogens is 387 g/mol. The molecule has 3 fully saturated rings. The average molecular weight is 412 g/mol. The van der Waals surface area contributed by atoms with Crippen LogP contribution in [0.5, 0.6) is 0 Å². The predicted octanol–water partition coefficient (Wildman–Crippen LogP) is 1.55. The van der Waals surface area contributed by atoms with Gasteiger partial charge in [-0.05, 0) is 24.3 Å². The van der Waals surface area contributed by atoms with E-state index in [1.807, 2.05) is 26.8 Å². The fourth-order valence-corrected chi connectivity index (χ4v) is 3.73. The van der Waals surface area contributed by atoms with Gasteiger partial charge in [-0.3, -0.25) is 9.59 Å². The summed E-state index contributed by atoms with van der Waals surface area (Å²) < 4.78 is 0. The number of hydrogen-bond acceptors (Lipinski definition) is 6. The second kappa shape index (κ2) is 7.98. The number of allylic oxidation sites excluding steroid dienone is 1. The Labute approximate surface area is 183 Å². The highest BCUT2D eigenvalue weighted by Crippen LogP contribution is 2.33. The summed E-state index contributed by atoms with van der Waals surface area (Å²) in [7, 11) is 2.07. The van der Waals surface area contributed by atoms with E-state index in [0.29, 0.717) is 17.1 Å². The molecule has 2 aromatic rings. The number of nitrogens with zero attached hydrogens (tertiary/aromatic N) is 4. The second-order valence-corrected chi connectivity index (χ2v) is 8.11. The molecule has 0 spiro atoms. The molecule has 156 valence electrons. The summed E-state index contributed by atoms with van der Waals surface area (Å²) in [6, 6.07) is 20.7. The van der Waals surface area contributed by atoms with E-state index >= 15 is 0 Å². The highest BCUT2D eigenvalue weighted by atomic mass is 16.1. The summed E-state index contributed by atoms with van der Waals surface area (Å²) in [5.74, 6) is 0.0485. The standard InChI is InChI=1S/C12H12BN.C12H13N3O2/c13-14(11-7-3-1-4-8-11)12-9-5-2-6-10-12;16-9-7-8(13-1-2-13)12(17)11(15-5-6-15)10(9)14-3-4-14/h1-10H,13H2;7H,1-6H2. The van der Waals surface area contributed by atoms with Gasteiger partial charge in [-0.25, -0.2) is 0 Å². The average Bonchev–Trinajstić information content (AvgIpc) is 3.66. The van der Waals surface area contributed by atoms with Gasteiger partial charge in [-0.2, -0.15) is 0 Å². The molecule has 31 heavy (non-hydrogen) atoms. The van der Waals surface area contributed by atoms with Crippen LogP contribution in [-0.4, -0.2) is 73.5 Å². The lowest BCUT2D eigenvalue weighted by molar-refractivity contribution is -0.117. The van der Waals surface area contributed by atoms with Crippen LogP contribution in [0.3, 0.4) is 0 Å². The minimum Gasteiger partial charge on any atom is -0.394 e. The van der Waals surface area contributed by atoms with Crippen LogP contribution in [0, 0.1) is 0 Å². The minimum absolute atomic E-state index is 0.00546. The largest absolute Gasteiger partial charge is 0.394 e. The van der Waals surface area contributed by atoms with E-state index in [2.05, 4.69) is 61.3 Å². The number of Topliss-reactive ketones (excluding diaryl/α,β-unsaturated/α-hetero) is 1. The Kier molecular flexibility index (Phi) is 5.02. The third kappa shape index (κ3) is 4.21. The molecule has 0 unspecified atom stereocenters. The lowest BCUT2D eigenvalue weighted by Gasteiger charge is -2.21. The van der Waals surface area contributed by atoms with Crippen molar-refractivity contribution >= 4 is 30.9 Å². The molecule has 6 rings (SSSR count). The third-order valence-electron chi connectivity index (χ3n) is 5.77. The van der Waals surface area contributed by atoms with Crippen molar-refractivity contribution in [1.29, 1.82) is 0 Å². The first kappa shape index (κ1) is 19.5. The smallest absolute Gasteiger partial charge is 0.227 e. The summed E-state index contributed by atoms with van der Waals surface area (Å²) in [6.45, 7) is 5.41. The van der Waals surface area contributed by atoms with Gasteiger partial charge in [0.2, 0.25) is 19.5 Å². The first-order valence-corrected chi connectivity index (χ1v) is 10.8. The Bertz CT molecular complexity index is 1020. The molecule has 3 aliphatic heterocycles. The lowest BCUT2D eigenvalue weighted by Crippen LogP contribution is -2.29. The molecule has 0 atom stereocenters. The first-order valence-electron chi connectivity index (χ1n) is 10.8. The second-order valence-electron chi connectivity index (χ2n) is 8.11. The maximum atomic E-state index is 12.4. The Balaban J connectivity index is 0.000000135. The maximum absolute atomic E-state index is 12.4. The van der Waals surface area contributed by atoms with Gasteiger partial charge >= 0.3 is 0 Å². The van der Waals surface area contributed by atoms with Gasteiger partial charge in [0, 0.05) is 56.7 Å². The van der Waals surface area contributed by atoms with E-state index in [1.165, 1.54) is 17.5 Å². The van der Waals surface area contributed by atoms with Gasteiger partial charge in [0.25, 0.3) is 0 Å². The van der Waals surface area contributed by atoms with E-state index < -0.39 is 0 Å². The van der Waals surface area contributed by atoms with Crippen LogP contribution >= 0.6 is 0 Å². The van der Waals surface area contributed by atoms with Crippen molar-refractivity contribution in [2.75, 3.05) is 44.1 Å². The molecule has 1 aliphatic carbocycles. The van der Waals surface area contributed by atoms with E-state index in [9.17, 15) is 9.59 Å². The highest BCUT2D eigenvalue weighted by Gasteiger charge is 2.43. The Morgan fingerprint density at radius 1 is 0.645 bits per heavy atom. The van der Waals surface area contributed by atoms with Crippen LogP contribution in [0.2, 0.25) is 0 Å². The molecule has 0 amide bonds. The molecular formula is C24H25BN4O2. The van der Waals surface area contributed by atoms with Crippen LogP contribution in [-0.2, 0) is 9.59 Å². The molecule has 0 aromatic heterocycles. The molecule has 0 radical (unpaired) electrons. The summed E-state index contributed by atoms with van der Waals surface area (Å²) in [5.41, 5.74) is 4.30. The number of ketones is 2. The predicted molar refractivity (Wildman–Crippen MR) is 123 cm³/mol. The minimum atomic E-state index is 0.00546. The summed E-state index contributed by atoms with van der Waals surface area (Å²) in [6.07, 6.45) is 1.52. The molecule has 0 N–H and O–H groups in total. The molecule has 4 aliphatic rings. The van der Waals surface area contributed by atoms with Gasteiger partial charge in [-0.1, -0.05) is 36.4 Å². The topological polar surface area (TPSA) is 46.4 Å². The van der Waals surface area contributed by atoms with Crippen LogP contribution in [0.1, 0.15) is 0 Å². The number of rotatable bonds is 5. The van der Waals surface area contributed by atoms with E-state index in [1.54, 1.807) is 0 Å². The van der Waals surface area contributed by atoms with Gasteiger partial charge in [-0.15, -0.1) is 0 Å². The molecule has 2 aromatic carbocycles. The van der Waals surface area contributed by atoms with Crippen molar-refractivity contribution in [3.05, 3.63) is 83.8 Å². The molecule has 7 heteroatoms. The zero-order chi connectivity index (χ0) is 21.4. The molecule has 0 bridgehead atoms. The fraction of sp³-hybridized carbons (Fsp3) is 0.250. The highest BCUT2D eigenvalue weighted by molar-refractivity contribution is 6.22. The van der Waals surface area contributed by atoms with Crippen LogP contribution in [0.4, 0.5) is 11.4 Å². The molecule has 3 heterocycles. The Morgan fingerprint density at radius 3 is 1.55 bits per heavy atom. The van der Waals surface area contributed by atoms with Crippen molar-refractivity contribution in [3.63, 3.8) is 0 Å². The molecule has 0 saturated carbocycles. The molecule has 6 nitrogen and oxygen atoms in total. The quantitative estimate of drug-likeness (QED) is 0.422. The molecule has 3 saturated heterocycles. The van der Waals surface area contributed by atoms with E-state index in [0.717, 1.165) is 39.3 Å². The number of carbonyl (C=O) groups excluding carboxylic acids is 2. The zero-order valence-corrected chi connectivity index (χ0v) is 17.7. The summed E-state index contributed by atoms with van der Waals surface area (Å²) in [4.78, 5) is 32.6. The van der Waals surface area contributed by atoms with E-state index in [-0.39, 0.29) is 11.6 Å². The van der Waals surface area contributed by atoms with Crippen molar-refractivity contribution in [2.24, 2.45) is 0 Å². The first-order chi connectivity index (χ1) is 15.1. The van der Waals surface area contributed by atoms with Crippen molar-refractivity contribution in [3.8, 4) is 0 Å². The maximum Gasteiger partial charge on any atom is 0.227 e. The normalized spacial score (nSPS) is 19.0. The zero-order valence-electron chi connectivity index (χ0n) is 17.7. The van der Waals surface area contributed by atoms with Gasteiger partial charge in [0.05, 0.1) is 5.70 Å². The lowest BCUT2D eigenvalue weighted by atomic mass is 10.0. The fourth-order valence-electron chi connectivity index (χ4n) is 3.73.